The Bertz CT molecular complexity index is 802. The van der Waals surface area contributed by atoms with Gasteiger partial charge in [0, 0.05) is 24.7 Å². The number of benzene rings is 1. The molecule has 1 amide bonds. The van der Waals surface area contributed by atoms with Crippen molar-refractivity contribution in [3.05, 3.63) is 29.8 Å². The van der Waals surface area contributed by atoms with Crippen molar-refractivity contribution in [1.29, 1.82) is 0 Å². The van der Waals surface area contributed by atoms with Crippen LogP contribution >= 0.6 is 12.4 Å². The second-order valence-electron chi connectivity index (χ2n) is 6.78. The Morgan fingerprint density at radius 3 is 2.50 bits per heavy atom. The van der Waals surface area contributed by atoms with Crippen molar-refractivity contribution in [2.24, 2.45) is 16.6 Å². The summed E-state index contributed by atoms with van der Waals surface area (Å²) in [6, 6.07) is 6.14. The van der Waals surface area contributed by atoms with Crippen LogP contribution in [0.4, 0.5) is 0 Å². The predicted molar refractivity (Wildman–Crippen MR) is 103 cm³/mol. The number of nitrogens with one attached hydrogen (secondary N) is 1. The fourth-order valence-electron chi connectivity index (χ4n) is 3.39. The average Bonchev–Trinajstić information content (AvgIpc) is 2.85. The molecule has 1 aromatic rings. The minimum atomic E-state index is -3.59. The van der Waals surface area contributed by atoms with Gasteiger partial charge in [0.05, 0.1) is 4.90 Å². The van der Waals surface area contributed by atoms with Gasteiger partial charge in [-0.2, -0.15) is 0 Å². The minimum absolute atomic E-state index is 0. The average molecular weight is 401 g/mol. The van der Waals surface area contributed by atoms with Crippen LogP contribution < -0.4 is 10.5 Å². The number of rotatable bonds is 3. The Hall–Kier alpha value is -1.64. The van der Waals surface area contributed by atoms with Crippen LogP contribution in [0.2, 0.25) is 0 Å². The highest BCUT2D eigenvalue weighted by Gasteiger charge is 2.32. The van der Waals surface area contributed by atoms with Gasteiger partial charge in [0.15, 0.2) is 0 Å². The van der Waals surface area contributed by atoms with E-state index in [-0.39, 0.29) is 35.1 Å². The van der Waals surface area contributed by atoms with Crippen molar-refractivity contribution >= 4 is 34.2 Å². The van der Waals surface area contributed by atoms with Crippen LogP contribution in [0, 0.1) is 5.92 Å². The summed E-state index contributed by atoms with van der Waals surface area (Å²) in [6.07, 6.45) is 1.78. The van der Waals surface area contributed by atoms with Crippen molar-refractivity contribution in [3.63, 3.8) is 0 Å². The van der Waals surface area contributed by atoms with E-state index >= 15 is 0 Å². The molecule has 0 aliphatic carbocycles. The highest BCUT2D eigenvalue weighted by atomic mass is 35.5. The number of halogens is 1. The van der Waals surface area contributed by atoms with Crippen molar-refractivity contribution in [3.8, 4) is 0 Å². The summed E-state index contributed by atoms with van der Waals surface area (Å²) in [6.45, 7) is 5.04. The van der Waals surface area contributed by atoms with Gasteiger partial charge in [-0.1, -0.05) is 12.1 Å². The number of likely N-dealkylation sites (tertiary alicyclic amines) is 1. The van der Waals surface area contributed by atoms with Gasteiger partial charge in [-0.25, -0.2) is 8.42 Å². The van der Waals surface area contributed by atoms with Gasteiger partial charge in [-0.15, -0.1) is 12.4 Å². The highest BCUT2D eigenvalue weighted by molar-refractivity contribution is 7.90. The smallest absolute Gasteiger partial charge is 0.263 e. The number of piperidine rings is 1. The fraction of sp³-hybridized carbons (Fsp3) is 0.529. The van der Waals surface area contributed by atoms with E-state index in [4.69, 9.17) is 5.73 Å². The molecule has 0 radical (unpaired) electrons. The lowest BCUT2D eigenvalue weighted by atomic mass is 9.91. The summed E-state index contributed by atoms with van der Waals surface area (Å²) in [4.78, 5) is 19.0. The van der Waals surface area contributed by atoms with Gasteiger partial charge in [0.2, 0.25) is 5.91 Å². The number of sulfonamides is 1. The van der Waals surface area contributed by atoms with Crippen molar-refractivity contribution in [2.75, 3.05) is 13.1 Å². The largest absolute Gasteiger partial charge is 0.341 e. The number of aliphatic imine (C=N–C) groups is 1. The Balaban J connectivity index is 0.00000243. The molecule has 0 saturated carbocycles. The number of nitrogens with two attached hydrogens (primary N) is 1. The summed E-state index contributed by atoms with van der Waals surface area (Å²) in [5.41, 5.74) is 6.45. The number of hydrogen-bond acceptors (Lipinski definition) is 5. The molecular weight excluding hydrogens is 376 g/mol. The maximum absolute atomic E-state index is 12.6. The van der Waals surface area contributed by atoms with Crippen LogP contribution in [0.3, 0.4) is 0 Å². The molecular formula is C17H25ClN4O3S. The van der Waals surface area contributed by atoms with Gasteiger partial charge >= 0.3 is 0 Å². The first kappa shape index (κ1) is 20.7. The summed E-state index contributed by atoms with van der Waals surface area (Å²) < 4.78 is 26.7. The second kappa shape index (κ2) is 7.94. The molecule has 26 heavy (non-hydrogen) atoms. The Morgan fingerprint density at radius 1 is 1.27 bits per heavy atom. The SMILES string of the molecule is CC(N=C1NS(=O)(=O)c2ccccc21)C(=O)N1CCC(C(C)N)CC1.Cl. The maximum Gasteiger partial charge on any atom is 0.263 e. The van der Waals surface area contributed by atoms with Crippen LogP contribution in [0.5, 0.6) is 0 Å². The van der Waals surface area contributed by atoms with Crippen LogP contribution in [0.15, 0.2) is 34.2 Å². The molecule has 1 fully saturated rings. The molecule has 1 aromatic carbocycles. The third kappa shape index (κ3) is 4.02. The molecule has 0 spiro atoms. The number of nitrogens with zero attached hydrogens (tertiary/aromatic N) is 2. The number of fused-ring (bicyclic) bond motifs is 1. The Kier molecular flexibility index (Phi) is 6.31. The predicted octanol–water partition coefficient (Wildman–Crippen LogP) is 1.12. The fourth-order valence-corrected chi connectivity index (χ4v) is 4.63. The van der Waals surface area contributed by atoms with Crippen LogP contribution in [-0.2, 0) is 14.8 Å². The van der Waals surface area contributed by atoms with Crippen LogP contribution in [-0.4, -0.2) is 50.2 Å². The second-order valence-corrected chi connectivity index (χ2v) is 8.43. The van der Waals surface area contributed by atoms with E-state index in [2.05, 4.69) is 9.71 Å². The number of carbonyl (C=O) groups excluding carboxylic acids is 1. The van der Waals surface area contributed by atoms with E-state index in [9.17, 15) is 13.2 Å². The van der Waals surface area contributed by atoms with Gasteiger partial charge in [-0.3, -0.25) is 14.5 Å². The van der Waals surface area contributed by atoms with Gasteiger partial charge in [-0.05, 0) is 44.7 Å². The molecule has 9 heteroatoms. The Labute approximate surface area is 160 Å². The maximum atomic E-state index is 12.6. The normalized spacial score (nSPS) is 22.9. The Morgan fingerprint density at radius 2 is 1.88 bits per heavy atom. The zero-order valence-corrected chi connectivity index (χ0v) is 16.5. The molecule has 0 bridgehead atoms. The first-order valence-electron chi connectivity index (χ1n) is 8.54. The molecule has 7 nitrogen and oxygen atoms in total. The lowest BCUT2D eigenvalue weighted by Crippen LogP contribution is -2.45. The topological polar surface area (TPSA) is 105 Å². The van der Waals surface area contributed by atoms with Crippen LogP contribution in [0.25, 0.3) is 0 Å². The molecule has 144 valence electrons. The number of amides is 1. The van der Waals surface area contributed by atoms with Crippen LogP contribution in [0.1, 0.15) is 32.3 Å². The van der Waals surface area contributed by atoms with Crippen molar-refractivity contribution in [1.82, 2.24) is 9.62 Å². The molecule has 2 aliphatic heterocycles. The van der Waals surface area contributed by atoms with Gasteiger partial charge < -0.3 is 10.6 Å². The molecule has 2 aliphatic rings. The monoisotopic (exact) mass is 400 g/mol. The summed E-state index contributed by atoms with van der Waals surface area (Å²) in [7, 11) is -3.59. The third-order valence-electron chi connectivity index (χ3n) is 4.94. The van der Waals surface area contributed by atoms with E-state index in [0.717, 1.165) is 12.8 Å². The standard InChI is InChI=1S/C17H24N4O3S.ClH/c1-11(18)13-7-9-21(10-8-13)17(22)12(2)19-16-14-5-3-4-6-15(14)25(23,24)20-16;/h3-6,11-13H,7-10,18H2,1-2H3,(H,19,20);1H. The number of amidine groups is 1. The molecule has 2 heterocycles. The lowest BCUT2D eigenvalue weighted by molar-refractivity contribution is -0.133. The third-order valence-corrected chi connectivity index (χ3v) is 6.33. The molecule has 0 aromatic heterocycles. The summed E-state index contributed by atoms with van der Waals surface area (Å²) in [5.74, 6) is 0.598. The van der Waals surface area contributed by atoms with E-state index in [0.29, 0.717) is 24.6 Å². The van der Waals surface area contributed by atoms with Crippen molar-refractivity contribution < 1.29 is 13.2 Å². The quantitative estimate of drug-likeness (QED) is 0.793. The zero-order chi connectivity index (χ0) is 18.2. The zero-order valence-electron chi connectivity index (χ0n) is 14.9. The van der Waals surface area contributed by atoms with E-state index in [1.165, 1.54) is 6.07 Å². The summed E-state index contributed by atoms with van der Waals surface area (Å²) >= 11 is 0. The minimum Gasteiger partial charge on any atom is -0.341 e. The molecule has 2 unspecified atom stereocenters. The van der Waals surface area contributed by atoms with Gasteiger partial charge in [0.25, 0.3) is 10.0 Å². The van der Waals surface area contributed by atoms with E-state index < -0.39 is 16.1 Å². The molecule has 3 N–H and O–H groups in total. The van der Waals surface area contributed by atoms with Crippen molar-refractivity contribution in [2.45, 2.75) is 43.7 Å². The van der Waals surface area contributed by atoms with Gasteiger partial charge in [0.1, 0.15) is 11.9 Å². The first-order valence-corrected chi connectivity index (χ1v) is 10.0. The van der Waals surface area contributed by atoms with E-state index in [1.54, 1.807) is 30.0 Å². The highest BCUT2D eigenvalue weighted by Crippen LogP contribution is 2.24. The molecule has 1 saturated heterocycles. The molecule has 2 atom stereocenters. The number of carbonyl (C=O) groups is 1. The molecule has 3 rings (SSSR count). The first-order chi connectivity index (χ1) is 11.8. The lowest BCUT2D eigenvalue weighted by Gasteiger charge is -2.34. The number of hydrogen-bond donors (Lipinski definition) is 2. The van der Waals surface area contributed by atoms with E-state index in [1.807, 2.05) is 6.92 Å². The summed E-state index contributed by atoms with van der Waals surface area (Å²) in [5, 5.41) is 0.